The van der Waals surface area contributed by atoms with Crippen molar-refractivity contribution in [3.63, 3.8) is 0 Å². The summed E-state index contributed by atoms with van der Waals surface area (Å²) in [6.45, 7) is 0. The molecule has 3 rings (SSSR count). The Morgan fingerprint density at radius 2 is 1.41 bits per heavy atom. The van der Waals surface area contributed by atoms with Gasteiger partial charge in [-0.15, -0.1) is 0 Å². The van der Waals surface area contributed by atoms with Crippen molar-refractivity contribution in [3.8, 4) is 5.75 Å². The van der Waals surface area contributed by atoms with Crippen LogP contribution in [0.15, 0.2) is 87.5 Å². The van der Waals surface area contributed by atoms with E-state index in [1.807, 2.05) is 0 Å². The number of sulfone groups is 1. The Morgan fingerprint density at radius 3 is 2.04 bits per heavy atom. The van der Waals surface area contributed by atoms with Gasteiger partial charge in [0.2, 0.25) is 9.84 Å². The first-order valence-electron chi connectivity index (χ1n) is 7.62. The van der Waals surface area contributed by atoms with Gasteiger partial charge in [-0.2, -0.15) is 0 Å². The van der Waals surface area contributed by atoms with Crippen molar-refractivity contribution in [2.75, 3.05) is 4.72 Å². The van der Waals surface area contributed by atoms with Crippen molar-refractivity contribution in [1.29, 1.82) is 0 Å². The van der Waals surface area contributed by atoms with Gasteiger partial charge in [-0.1, -0.05) is 29.8 Å². The number of hydrogen-bond donors (Lipinski definition) is 2. The zero-order chi connectivity index (χ0) is 19.7. The maximum atomic E-state index is 12.7. The molecule has 0 atom stereocenters. The minimum Gasteiger partial charge on any atom is -0.507 e. The van der Waals surface area contributed by atoms with Crippen LogP contribution in [0.3, 0.4) is 0 Å². The van der Waals surface area contributed by atoms with Crippen LogP contribution in [0.2, 0.25) is 5.02 Å². The molecule has 140 valence electrons. The number of phenols is 1. The van der Waals surface area contributed by atoms with Gasteiger partial charge in [-0.3, -0.25) is 4.72 Å². The Labute approximate surface area is 162 Å². The van der Waals surface area contributed by atoms with E-state index in [-0.39, 0.29) is 15.5 Å². The maximum Gasteiger partial charge on any atom is 0.261 e. The summed E-state index contributed by atoms with van der Waals surface area (Å²) in [5, 5.41) is 10.4. The topological polar surface area (TPSA) is 101 Å². The van der Waals surface area contributed by atoms with Crippen LogP contribution in [0.5, 0.6) is 5.75 Å². The number of rotatable bonds is 5. The van der Waals surface area contributed by atoms with Crippen LogP contribution in [0.1, 0.15) is 0 Å². The molecule has 3 aromatic rings. The Morgan fingerprint density at radius 1 is 0.778 bits per heavy atom. The first-order chi connectivity index (χ1) is 12.7. The zero-order valence-electron chi connectivity index (χ0n) is 13.7. The summed E-state index contributed by atoms with van der Waals surface area (Å²) in [6, 6.07) is 16.5. The van der Waals surface area contributed by atoms with Gasteiger partial charge in [0.1, 0.15) is 10.6 Å². The molecule has 0 aromatic heterocycles. The van der Waals surface area contributed by atoms with Gasteiger partial charge in [0, 0.05) is 5.02 Å². The third-order valence-corrected chi connectivity index (χ3v) is 7.13. The molecule has 3 aromatic carbocycles. The van der Waals surface area contributed by atoms with Crippen LogP contribution >= 0.6 is 11.6 Å². The van der Waals surface area contributed by atoms with E-state index in [0.29, 0.717) is 5.02 Å². The maximum absolute atomic E-state index is 12.7. The first kappa shape index (κ1) is 19.2. The lowest BCUT2D eigenvalue weighted by molar-refractivity contribution is 0.459. The fourth-order valence-corrected chi connectivity index (χ4v) is 4.92. The van der Waals surface area contributed by atoms with Gasteiger partial charge in [0.05, 0.1) is 15.5 Å². The van der Waals surface area contributed by atoms with Crippen LogP contribution in [0, 0.1) is 0 Å². The van der Waals surface area contributed by atoms with Crippen LogP contribution in [-0.4, -0.2) is 21.9 Å². The third-order valence-electron chi connectivity index (χ3n) is 3.68. The van der Waals surface area contributed by atoms with Gasteiger partial charge >= 0.3 is 0 Å². The second-order valence-electron chi connectivity index (χ2n) is 5.56. The second kappa shape index (κ2) is 7.22. The number of benzene rings is 3. The summed E-state index contributed by atoms with van der Waals surface area (Å²) >= 11 is 5.76. The molecule has 0 fully saturated rings. The van der Waals surface area contributed by atoms with Crippen LogP contribution in [0.4, 0.5) is 5.69 Å². The Hall–Kier alpha value is -2.55. The minimum atomic E-state index is -4.02. The lowest BCUT2D eigenvalue weighted by Crippen LogP contribution is -2.13. The van der Waals surface area contributed by atoms with E-state index in [1.165, 1.54) is 42.5 Å². The summed E-state index contributed by atoms with van der Waals surface area (Å²) in [7, 11) is -7.98. The monoisotopic (exact) mass is 423 g/mol. The molecular formula is C18H14ClNO5S2. The summed E-state index contributed by atoms with van der Waals surface area (Å²) < 4.78 is 52.7. The summed E-state index contributed by atoms with van der Waals surface area (Å²) in [4.78, 5) is -0.449. The van der Waals surface area contributed by atoms with Crippen LogP contribution < -0.4 is 4.72 Å². The largest absolute Gasteiger partial charge is 0.507 e. The quantitative estimate of drug-likeness (QED) is 0.609. The van der Waals surface area contributed by atoms with E-state index in [9.17, 15) is 21.9 Å². The number of sulfonamides is 1. The van der Waals surface area contributed by atoms with Gasteiger partial charge < -0.3 is 5.11 Å². The molecule has 9 heteroatoms. The minimum absolute atomic E-state index is 0.00254. The molecule has 0 unspecified atom stereocenters. The Kier molecular flexibility index (Phi) is 5.14. The molecule has 27 heavy (non-hydrogen) atoms. The van der Waals surface area contributed by atoms with Crippen molar-refractivity contribution in [2.45, 2.75) is 14.7 Å². The van der Waals surface area contributed by atoms with Gasteiger partial charge in [0.25, 0.3) is 10.0 Å². The molecule has 0 saturated carbocycles. The molecule has 0 amide bonds. The van der Waals surface area contributed by atoms with E-state index in [4.69, 9.17) is 11.6 Å². The smallest absolute Gasteiger partial charge is 0.261 e. The van der Waals surface area contributed by atoms with E-state index in [1.54, 1.807) is 18.2 Å². The van der Waals surface area contributed by atoms with Crippen molar-refractivity contribution in [2.24, 2.45) is 0 Å². The molecular weight excluding hydrogens is 410 g/mol. The second-order valence-corrected chi connectivity index (χ2v) is 9.60. The summed E-state index contributed by atoms with van der Waals surface area (Å²) in [5.74, 6) is -0.478. The zero-order valence-corrected chi connectivity index (χ0v) is 16.1. The molecule has 0 aliphatic rings. The van der Waals surface area contributed by atoms with Gasteiger partial charge in [-0.05, 0) is 54.6 Å². The lowest BCUT2D eigenvalue weighted by Gasteiger charge is -2.11. The molecule has 0 heterocycles. The van der Waals surface area contributed by atoms with Crippen molar-refractivity contribution < 1.29 is 21.9 Å². The molecule has 0 aliphatic heterocycles. The van der Waals surface area contributed by atoms with Crippen LogP contribution in [-0.2, 0) is 19.9 Å². The van der Waals surface area contributed by atoms with E-state index in [2.05, 4.69) is 4.72 Å². The average molecular weight is 424 g/mol. The molecule has 0 radical (unpaired) electrons. The Balaban J connectivity index is 2.00. The molecule has 2 N–H and O–H groups in total. The Bertz CT molecular complexity index is 1180. The highest BCUT2D eigenvalue weighted by molar-refractivity contribution is 7.92. The number of anilines is 1. The molecule has 0 bridgehead atoms. The highest BCUT2D eigenvalue weighted by Gasteiger charge is 2.23. The molecule has 0 spiro atoms. The molecule has 6 nitrogen and oxygen atoms in total. The number of nitrogens with one attached hydrogen (secondary N) is 1. The van der Waals surface area contributed by atoms with Crippen molar-refractivity contribution in [3.05, 3.63) is 77.8 Å². The van der Waals surface area contributed by atoms with Gasteiger partial charge in [0.15, 0.2) is 0 Å². The molecule has 0 aliphatic carbocycles. The normalized spacial score (nSPS) is 11.9. The SMILES string of the molecule is O=S(=O)(Nc1ccc(O)c(S(=O)(=O)c2ccccc2)c1)c1ccc(Cl)cc1. The van der Waals surface area contributed by atoms with E-state index in [0.717, 1.165) is 12.1 Å². The fraction of sp³-hybridized carbons (Fsp3) is 0. The first-order valence-corrected chi connectivity index (χ1v) is 11.0. The van der Waals surface area contributed by atoms with E-state index >= 15 is 0 Å². The standard InChI is InChI=1S/C18H14ClNO5S2/c19-13-6-9-16(10-7-13)27(24,25)20-14-8-11-17(21)18(12-14)26(22,23)15-4-2-1-3-5-15/h1-12,20-21H. The predicted octanol–water partition coefficient (Wildman–Crippen LogP) is 3.68. The molecule has 0 saturated heterocycles. The number of phenolic OH excluding ortho intramolecular Hbond substituents is 1. The highest BCUT2D eigenvalue weighted by Crippen LogP contribution is 2.31. The van der Waals surface area contributed by atoms with E-state index < -0.39 is 30.5 Å². The number of hydrogen-bond acceptors (Lipinski definition) is 5. The lowest BCUT2D eigenvalue weighted by atomic mass is 10.3. The number of aromatic hydroxyl groups is 1. The predicted molar refractivity (Wildman–Crippen MR) is 102 cm³/mol. The highest BCUT2D eigenvalue weighted by atomic mass is 35.5. The fourth-order valence-electron chi connectivity index (χ4n) is 2.35. The summed E-state index contributed by atoms with van der Waals surface area (Å²) in [6.07, 6.45) is 0. The van der Waals surface area contributed by atoms with Gasteiger partial charge in [-0.25, -0.2) is 16.8 Å². The third kappa shape index (κ3) is 4.08. The number of halogens is 1. The van der Waals surface area contributed by atoms with Crippen molar-refractivity contribution in [1.82, 2.24) is 0 Å². The van der Waals surface area contributed by atoms with Crippen molar-refractivity contribution >= 4 is 37.1 Å². The van der Waals surface area contributed by atoms with Crippen LogP contribution in [0.25, 0.3) is 0 Å². The average Bonchev–Trinajstić information content (AvgIpc) is 2.64. The summed E-state index contributed by atoms with van der Waals surface area (Å²) in [5.41, 5.74) is -0.00254.